The fraction of sp³-hybridized carbons (Fsp3) is 1.00. The molecule has 0 bridgehead atoms. The van der Waals surface area contributed by atoms with Gasteiger partial charge in [-0.2, -0.15) is 0 Å². The number of likely N-dealkylation sites (tertiary alicyclic amines) is 2. The van der Waals surface area contributed by atoms with Crippen LogP contribution in [0.5, 0.6) is 0 Å². The summed E-state index contributed by atoms with van der Waals surface area (Å²) >= 11 is 0. The molecular formula is C24H50N4. The van der Waals surface area contributed by atoms with Crippen LogP contribution in [0.3, 0.4) is 0 Å². The van der Waals surface area contributed by atoms with Gasteiger partial charge in [-0.3, -0.25) is 9.80 Å². The fourth-order valence-electron chi connectivity index (χ4n) is 7.12. The van der Waals surface area contributed by atoms with Gasteiger partial charge in [0.25, 0.3) is 0 Å². The van der Waals surface area contributed by atoms with Crippen LogP contribution in [0.4, 0.5) is 0 Å². The third-order valence-electron chi connectivity index (χ3n) is 7.60. The molecule has 0 radical (unpaired) electrons. The van der Waals surface area contributed by atoms with Crippen molar-refractivity contribution in [3.8, 4) is 0 Å². The lowest BCUT2D eigenvalue weighted by atomic mass is 9.73. The van der Waals surface area contributed by atoms with Crippen LogP contribution in [0.15, 0.2) is 0 Å². The van der Waals surface area contributed by atoms with E-state index in [1.807, 2.05) is 0 Å². The predicted octanol–water partition coefficient (Wildman–Crippen LogP) is 5.20. The molecule has 0 unspecified atom stereocenters. The first-order valence-corrected chi connectivity index (χ1v) is 11.8. The van der Waals surface area contributed by atoms with E-state index < -0.39 is 5.79 Å². The molecule has 28 heavy (non-hydrogen) atoms. The van der Waals surface area contributed by atoms with Gasteiger partial charge in [-0.25, -0.2) is 0 Å². The average Bonchev–Trinajstić information content (AvgIpc) is 2.47. The lowest BCUT2D eigenvalue weighted by Crippen LogP contribution is -2.83. The normalized spacial score (nSPS) is 27.6. The van der Waals surface area contributed by atoms with Gasteiger partial charge >= 0.3 is 0 Å². The maximum absolute atomic E-state index is 7.65. The molecule has 4 N–H and O–H groups in total. The Balaban J connectivity index is 2.55. The summed E-state index contributed by atoms with van der Waals surface area (Å²) < 4.78 is 0. The Morgan fingerprint density at radius 3 is 1.32 bits per heavy atom. The molecule has 2 heterocycles. The second kappa shape index (κ2) is 8.17. The number of piperidine rings is 2. The van der Waals surface area contributed by atoms with Gasteiger partial charge < -0.3 is 11.5 Å². The highest BCUT2D eigenvalue weighted by molar-refractivity contribution is 5.10. The molecule has 0 aromatic carbocycles. The number of rotatable bonds is 7. The van der Waals surface area contributed by atoms with E-state index in [0.29, 0.717) is 0 Å². The van der Waals surface area contributed by atoms with Gasteiger partial charge in [0.1, 0.15) is 5.79 Å². The Kier molecular flexibility index (Phi) is 7.03. The van der Waals surface area contributed by atoms with Crippen molar-refractivity contribution < 1.29 is 0 Å². The summed E-state index contributed by atoms with van der Waals surface area (Å²) in [6.45, 7) is 20.1. The van der Waals surface area contributed by atoms with Crippen LogP contribution in [-0.4, -0.2) is 44.3 Å². The van der Waals surface area contributed by atoms with E-state index in [9.17, 15) is 0 Å². The summed E-state index contributed by atoms with van der Waals surface area (Å²) in [5, 5.41) is 0. The van der Waals surface area contributed by atoms with Gasteiger partial charge in [0.2, 0.25) is 0 Å². The standard InChI is InChI=1S/C24H50N4/c1-20(2)14-12-15-21(3,4)27(20)24(26,18-10-9-11-19-25)28-22(5,6)16-13-17-23(28,7)8/h9-19,25-26H2,1-8H3. The summed E-state index contributed by atoms with van der Waals surface area (Å²) in [4.78, 5) is 5.46. The summed E-state index contributed by atoms with van der Waals surface area (Å²) in [5.41, 5.74) is 13.8. The van der Waals surface area contributed by atoms with Gasteiger partial charge in [-0.05, 0) is 120 Å². The number of nitrogens with zero attached hydrogens (tertiary/aromatic N) is 2. The van der Waals surface area contributed by atoms with Crippen LogP contribution in [0.1, 0.15) is 120 Å². The van der Waals surface area contributed by atoms with Gasteiger partial charge in [-0.1, -0.05) is 6.42 Å². The number of hydrogen-bond donors (Lipinski definition) is 2. The number of hydrogen-bond acceptors (Lipinski definition) is 4. The molecule has 4 heteroatoms. The molecule has 0 aromatic rings. The van der Waals surface area contributed by atoms with Crippen molar-refractivity contribution in [1.29, 1.82) is 0 Å². The molecule has 0 saturated carbocycles. The van der Waals surface area contributed by atoms with Crippen molar-refractivity contribution in [3.63, 3.8) is 0 Å². The van der Waals surface area contributed by atoms with E-state index in [1.54, 1.807) is 0 Å². The van der Waals surface area contributed by atoms with Crippen molar-refractivity contribution in [2.24, 2.45) is 11.5 Å². The average molecular weight is 395 g/mol. The van der Waals surface area contributed by atoms with E-state index in [1.165, 1.54) is 44.9 Å². The van der Waals surface area contributed by atoms with Gasteiger partial charge in [0.05, 0.1) is 0 Å². The zero-order chi connectivity index (χ0) is 21.4. The minimum absolute atomic E-state index is 0.0912. The van der Waals surface area contributed by atoms with Crippen molar-refractivity contribution in [1.82, 2.24) is 9.80 Å². The second-order valence-electron chi connectivity index (χ2n) is 12.1. The van der Waals surface area contributed by atoms with E-state index in [-0.39, 0.29) is 22.2 Å². The Bertz CT molecular complexity index is 451. The highest BCUT2D eigenvalue weighted by Crippen LogP contribution is 2.50. The maximum Gasteiger partial charge on any atom is 0.127 e. The highest BCUT2D eigenvalue weighted by atomic mass is 15.6. The third-order valence-corrected chi connectivity index (χ3v) is 7.60. The van der Waals surface area contributed by atoms with Crippen LogP contribution in [-0.2, 0) is 0 Å². The molecule has 4 nitrogen and oxygen atoms in total. The quantitative estimate of drug-likeness (QED) is 0.582. The van der Waals surface area contributed by atoms with Crippen molar-refractivity contribution >= 4 is 0 Å². The molecule has 0 aliphatic carbocycles. The van der Waals surface area contributed by atoms with E-state index in [2.05, 4.69) is 65.2 Å². The van der Waals surface area contributed by atoms with Crippen molar-refractivity contribution in [3.05, 3.63) is 0 Å². The Labute approximate surface area is 175 Å². The van der Waals surface area contributed by atoms with Crippen molar-refractivity contribution in [2.75, 3.05) is 6.54 Å². The molecule has 0 amide bonds. The largest absolute Gasteiger partial charge is 0.330 e. The molecule has 0 atom stereocenters. The Morgan fingerprint density at radius 2 is 1.00 bits per heavy atom. The highest BCUT2D eigenvalue weighted by Gasteiger charge is 2.59. The van der Waals surface area contributed by atoms with E-state index in [0.717, 1.165) is 25.8 Å². The zero-order valence-corrected chi connectivity index (χ0v) is 20.3. The van der Waals surface area contributed by atoms with Crippen LogP contribution in [0.2, 0.25) is 0 Å². The monoisotopic (exact) mass is 394 g/mol. The van der Waals surface area contributed by atoms with Crippen LogP contribution >= 0.6 is 0 Å². The molecule has 166 valence electrons. The first-order chi connectivity index (χ1) is 12.7. The fourth-order valence-corrected chi connectivity index (χ4v) is 7.12. The van der Waals surface area contributed by atoms with Gasteiger partial charge in [-0.15, -0.1) is 0 Å². The second-order valence-corrected chi connectivity index (χ2v) is 12.1. The Morgan fingerprint density at radius 1 is 0.643 bits per heavy atom. The maximum atomic E-state index is 7.65. The van der Waals surface area contributed by atoms with Crippen LogP contribution in [0.25, 0.3) is 0 Å². The molecule has 2 fully saturated rings. The van der Waals surface area contributed by atoms with Crippen LogP contribution in [0, 0.1) is 0 Å². The lowest BCUT2D eigenvalue weighted by Gasteiger charge is -2.69. The lowest BCUT2D eigenvalue weighted by molar-refractivity contribution is -0.239. The molecule has 0 aromatic heterocycles. The molecular weight excluding hydrogens is 344 g/mol. The smallest absolute Gasteiger partial charge is 0.127 e. The molecule has 2 saturated heterocycles. The molecule has 2 rings (SSSR count). The van der Waals surface area contributed by atoms with Crippen LogP contribution < -0.4 is 11.5 Å². The third kappa shape index (κ3) is 4.61. The van der Waals surface area contributed by atoms with Crippen molar-refractivity contribution in [2.45, 2.75) is 148 Å². The van der Waals surface area contributed by atoms with E-state index in [4.69, 9.17) is 11.5 Å². The zero-order valence-electron chi connectivity index (χ0n) is 20.3. The summed E-state index contributed by atoms with van der Waals surface area (Å²) in [6.07, 6.45) is 11.8. The van der Waals surface area contributed by atoms with E-state index >= 15 is 0 Å². The first kappa shape index (κ1) is 24.1. The Hall–Kier alpha value is -0.160. The van der Waals surface area contributed by atoms with Gasteiger partial charge in [0.15, 0.2) is 0 Å². The SMILES string of the molecule is CC1(C)CCCC(C)(C)N1C(N)(CCCCCN)N1C(C)(C)CCCC1(C)C. The van der Waals surface area contributed by atoms with Gasteiger partial charge in [0, 0.05) is 22.2 Å². The summed E-state index contributed by atoms with van der Waals surface area (Å²) in [5.74, 6) is -0.449. The minimum atomic E-state index is -0.449. The summed E-state index contributed by atoms with van der Waals surface area (Å²) in [6, 6.07) is 0. The minimum Gasteiger partial charge on any atom is -0.330 e. The first-order valence-electron chi connectivity index (χ1n) is 11.8. The molecule has 2 aliphatic rings. The topological polar surface area (TPSA) is 58.5 Å². The number of nitrogens with two attached hydrogens (primary N) is 2. The summed E-state index contributed by atoms with van der Waals surface area (Å²) in [7, 11) is 0. The molecule has 2 aliphatic heterocycles. The number of unbranched alkanes of at least 4 members (excludes halogenated alkanes) is 2. The predicted molar refractivity (Wildman–Crippen MR) is 122 cm³/mol. The molecule has 0 spiro atoms.